The fraction of sp³-hybridized carbons (Fsp3) is 0.250. The average Bonchev–Trinajstić information content (AvgIpc) is 2.36. The summed E-state index contributed by atoms with van der Waals surface area (Å²) in [5.74, 6) is -2.49. The van der Waals surface area contributed by atoms with Crippen LogP contribution in [0.3, 0.4) is 0 Å². The van der Waals surface area contributed by atoms with Gasteiger partial charge in [-0.05, 0) is 24.3 Å². The molecule has 0 aromatic heterocycles. The zero-order chi connectivity index (χ0) is 14.3. The molecule has 0 aliphatic heterocycles. The highest BCUT2D eigenvalue weighted by Crippen LogP contribution is 2.07. The normalized spacial score (nSPS) is 9.74. The lowest BCUT2D eigenvalue weighted by molar-refractivity contribution is -0.138. The summed E-state index contributed by atoms with van der Waals surface area (Å²) in [4.78, 5) is 32.8. The van der Waals surface area contributed by atoms with E-state index in [1.54, 1.807) is 0 Å². The minimum atomic E-state index is -1.08. The summed E-state index contributed by atoms with van der Waals surface area (Å²) >= 11 is 0. The molecule has 0 saturated carbocycles. The summed E-state index contributed by atoms with van der Waals surface area (Å²) in [6, 6.07) is 5.17. The Balaban J connectivity index is 2.29. The van der Waals surface area contributed by atoms with Crippen molar-refractivity contribution in [2.45, 2.75) is 12.8 Å². The molecular weight excluding hydrogens is 255 g/mol. The molecule has 0 atom stereocenters. The van der Waals surface area contributed by atoms with Crippen LogP contribution in [0.25, 0.3) is 0 Å². The summed E-state index contributed by atoms with van der Waals surface area (Å²) in [7, 11) is 0. The van der Waals surface area contributed by atoms with Gasteiger partial charge in [0, 0.05) is 12.1 Å². The van der Waals surface area contributed by atoms with Gasteiger partial charge in [0.2, 0.25) is 11.8 Å². The van der Waals surface area contributed by atoms with Crippen LogP contribution in [0.5, 0.6) is 0 Å². The van der Waals surface area contributed by atoms with Crippen LogP contribution in [0.1, 0.15) is 12.8 Å². The van der Waals surface area contributed by atoms with Gasteiger partial charge in [-0.15, -0.1) is 0 Å². The molecule has 3 N–H and O–H groups in total. The molecule has 0 unspecified atom stereocenters. The van der Waals surface area contributed by atoms with Gasteiger partial charge in [-0.3, -0.25) is 14.4 Å². The molecule has 1 aromatic carbocycles. The van der Waals surface area contributed by atoms with E-state index in [4.69, 9.17) is 5.11 Å². The quantitative estimate of drug-likeness (QED) is 0.709. The van der Waals surface area contributed by atoms with Crippen LogP contribution in [-0.4, -0.2) is 29.4 Å². The first kappa shape index (κ1) is 14.6. The minimum absolute atomic E-state index is 0.181. The standard InChI is InChI=1S/C12H13FN2O4/c13-8-1-3-9(4-2-8)15-11(17)7-14-10(16)5-6-12(18)19/h1-4H,5-7H2,(H,14,16)(H,15,17)(H,18,19). The first-order valence-electron chi connectivity index (χ1n) is 5.51. The molecule has 2 amide bonds. The molecule has 0 saturated heterocycles. The van der Waals surface area contributed by atoms with E-state index < -0.39 is 23.6 Å². The molecule has 1 aromatic rings. The molecule has 0 heterocycles. The van der Waals surface area contributed by atoms with Crippen molar-refractivity contribution in [3.8, 4) is 0 Å². The number of anilines is 1. The van der Waals surface area contributed by atoms with Crippen LogP contribution in [0.15, 0.2) is 24.3 Å². The van der Waals surface area contributed by atoms with Gasteiger partial charge >= 0.3 is 5.97 Å². The van der Waals surface area contributed by atoms with Crippen LogP contribution in [-0.2, 0) is 14.4 Å². The molecule has 0 aliphatic carbocycles. The van der Waals surface area contributed by atoms with Crippen molar-refractivity contribution < 1.29 is 23.9 Å². The Kier molecular flexibility index (Phi) is 5.46. The van der Waals surface area contributed by atoms with E-state index in [-0.39, 0.29) is 19.4 Å². The molecule has 0 radical (unpaired) electrons. The maximum atomic E-state index is 12.6. The third-order valence-corrected chi connectivity index (χ3v) is 2.14. The number of halogens is 1. The van der Waals surface area contributed by atoms with Crippen molar-refractivity contribution in [3.05, 3.63) is 30.1 Å². The minimum Gasteiger partial charge on any atom is -0.481 e. The van der Waals surface area contributed by atoms with Gasteiger partial charge < -0.3 is 15.7 Å². The summed E-state index contributed by atoms with van der Waals surface area (Å²) in [5.41, 5.74) is 0.409. The topological polar surface area (TPSA) is 95.5 Å². The number of nitrogens with one attached hydrogen (secondary N) is 2. The summed E-state index contributed by atoms with van der Waals surface area (Å²) in [5, 5.41) is 13.1. The Bertz CT molecular complexity index is 473. The highest BCUT2D eigenvalue weighted by atomic mass is 19.1. The second kappa shape index (κ2) is 7.10. The number of carbonyl (C=O) groups is 3. The lowest BCUT2D eigenvalue weighted by atomic mass is 10.3. The Labute approximate surface area is 108 Å². The Hall–Kier alpha value is -2.44. The van der Waals surface area contributed by atoms with Crippen LogP contribution in [0, 0.1) is 5.82 Å². The van der Waals surface area contributed by atoms with E-state index in [1.165, 1.54) is 24.3 Å². The fourth-order valence-corrected chi connectivity index (χ4v) is 1.23. The summed E-state index contributed by atoms with van der Waals surface area (Å²) in [6.07, 6.45) is -0.468. The number of benzene rings is 1. The van der Waals surface area contributed by atoms with Crippen molar-refractivity contribution in [1.29, 1.82) is 0 Å². The fourth-order valence-electron chi connectivity index (χ4n) is 1.23. The van der Waals surface area contributed by atoms with Crippen LogP contribution in [0.2, 0.25) is 0 Å². The number of carboxylic acids is 1. The van der Waals surface area contributed by atoms with E-state index in [2.05, 4.69) is 10.6 Å². The molecule has 7 heteroatoms. The average molecular weight is 268 g/mol. The highest BCUT2D eigenvalue weighted by Gasteiger charge is 2.07. The van der Waals surface area contributed by atoms with E-state index in [1.807, 2.05) is 0 Å². The molecule has 0 bridgehead atoms. The van der Waals surface area contributed by atoms with Crippen LogP contribution >= 0.6 is 0 Å². The second-order valence-electron chi connectivity index (χ2n) is 3.73. The first-order chi connectivity index (χ1) is 8.97. The largest absolute Gasteiger partial charge is 0.481 e. The third kappa shape index (κ3) is 6.16. The Morgan fingerprint density at radius 3 is 2.26 bits per heavy atom. The van der Waals surface area contributed by atoms with Crippen molar-refractivity contribution in [2.75, 3.05) is 11.9 Å². The molecule has 0 spiro atoms. The number of hydrogen-bond acceptors (Lipinski definition) is 3. The smallest absolute Gasteiger partial charge is 0.303 e. The monoisotopic (exact) mass is 268 g/mol. The molecule has 19 heavy (non-hydrogen) atoms. The van der Waals surface area contributed by atoms with E-state index in [0.29, 0.717) is 5.69 Å². The van der Waals surface area contributed by atoms with Gasteiger partial charge in [0.25, 0.3) is 0 Å². The predicted molar refractivity (Wildman–Crippen MR) is 64.9 cm³/mol. The predicted octanol–water partition coefficient (Wildman–Crippen LogP) is 0.745. The number of aliphatic carboxylic acids is 1. The van der Waals surface area contributed by atoms with Crippen LogP contribution < -0.4 is 10.6 Å². The van der Waals surface area contributed by atoms with E-state index >= 15 is 0 Å². The molecule has 102 valence electrons. The van der Waals surface area contributed by atoms with Gasteiger partial charge in [0.15, 0.2) is 0 Å². The molecular formula is C12H13FN2O4. The molecule has 1 rings (SSSR count). The second-order valence-corrected chi connectivity index (χ2v) is 3.73. The Morgan fingerprint density at radius 2 is 1.68 bits per heavy atom. The summed E-state index contributed by atoms with van der Waals surface area (Å²) in [6.45, 7) is -0.268. The lowest BCUT2D eigenvalue weighted by Gasteiger charge is -2.06. The van der Waals surface area contributed by atoms with Gasteiger partial charge in [-0.2, -0.15) is 0 Å². The SMILES string of the molecule is O=C(O)CCC(=O)NCC(=O)Nc1ccc(F)cc1. The number of rotatable bonds is 6. The summed E-state index contributed by atoms with van der Waals surface area (Å²) < 4.78 is 12.6. The van der Waals surface area contributed by atoms with Gasteiger partial charge in [-0.1, -0.05) is 0 Å². The maximum absolute atomic E-state index is 12.6. The van der Waals surface area contributed by atoms with Crippen molar-refractivity contribution >= 4 is 23.5 Å². The van der Waals surface area contributed by atoms with Crippen molar-refractivity contribution in [1.82, 2.24) is 5.32 Å². The first-order valence-corrected chi connectivity index (χ1v) is 5.51. The zero-order valence-corrected chi connectivity index (χ0v) is 9.98. The Morgan fingerprint density at radius 1 is 1.05 bits per heavy atom. The number of carboxylic acid groups (broad SMARTS) is 1. The van der Waals surface area contributed by atoms with Gasteiger partial charge in [-0.25, -0.2) is 4.39 Å². The number of hydrogen-bond donors (Lipinski definition) is 3. The van der Waals surface area contributed by atoms with Crippen molar-refractivity contribution in [3.63, 3.8) is 0 Å². The molecule has 0 fully saturated rings. The highest BCUT2D eigenvalue weighted by molar-refractivity contribution is 5.94. The number of carbonyl (C=O) groups excluding carboxylic acids is 2. The van der Waals surface area contributed by atoms with Gasteiger partial charge in [0.05, 0.1) is 13.0 Å². The number of amides is 2. The van der Waals surface area contributed by atoms with Crippen molar-refractivity contribution in [2.24, 2.45) is 0 Å². The molecule has 0 aliphatic rings. The van der Waals surface area contributed by atoms with E-state index in [0.717, 1.165) is 0 Å². The van der Waals surface area contributed by atoms with E-state index in [9.17, 15) is 18.8 Å². The third-order valence-electron chi connectivity index (χ3n) is 2.14. The maximum Gasteiger partial charge on any atom is 0.303 e. The van der Waals surface area contributed by atoms with Gasteiger partial charge in [0.1, 0.15) is 5.82 Å². The lowest BCUT2D eigenvalue weighted by Crippen LogP contribution is -2.32. The van der Waals surface area contributed by atoms with Crippen LogP contribution in [0.4, 0.5) is 10.1 Å². The molecule has 6 nitrogen and oxygen atoms in total. The zero-order valence-electron chi connectivity index (χ0n) is 9.98.